The quantitative estimate of drug-likeness (QED) is 0.713. The van der Waals surface area contributed by atoms with Gasteiger partial charge in [0.05, 0.1) is 11.6 Å². The maximum atomic E-state index is 11.6. The molecule has 1 unspecified atom stereocenters. The Kier molecular flexibility index (Phi) is 4.19. The van der Waals surface area contributed by atoms with Gasteiger partial charge in [0, 0.05) is 12.4 Å². The number of nitrogens with zero attached hydrogens (tertiary/aromatic N) is 2. The molecule has 2 N–H and O–H groups in total. The SMILES string of the molecule is CCCCC(N)C(=O)c1cncnc1. The number of carbonyl (C=O) groups excluding carboxylic acids is 1. The van der Waals surface area contributed by atoms with Gasteiger partial charge in [-0.3, -0.25) is 4.79 Å². The molecule has 76 valence electrons. The summed E-state index contributed by atoms with van der Waals surface area (Å²) in [6, 6.07) is -0.416. The second kappa shape index (κ2) is 5.44. The van der Waals surface area contributed by atoms with Crippen LogP contribution >= 0.6 is 0 Å². The molecule has 1 rings (SSSR count). The van der Waals surface area contributed by atoms with Gasteiger partial charge in [-0.15, -0.1) is 0 Å². The summed E-state index contributed by atoms with van der Waals surface area (Å²) in [4.78, 5) is 19.2. The van der Waals surface area contributed by atoms with Gasteiger partial charge in [0.1, 0.15) is 6.33 Å². The van der Waals surface area contributed by atoms with E-state index < -0.39 is 6.04 Å². The highest BCUT2D eigenvalue weighted by molar-refractivity contribution is 5.99. The first kappa shape index (κ1) is 10.8. The lowest BCUT2D eigenvalue weighted by Crippen LogP contribution is -2.30. The summed E-state index contributed by atoms with van der Waals surface area (Å²) < 4.78 is 0. The molecule has 0 aliphatic rings. The smallest absolute Gasteiger partial charge is 0.182 e. The zero-order chi connectivity index (χ0) is 10.4. The predicted octanol–water partition coefficient (Wildman–Crippen LogP) is 1.18. The number of nitrogens with two attached hydrogens (primary N) is 1. The van der Waals surface area contributed by atoms with Crippen LogP contribution in [0.4, 0.5) is 0 Å². The molecule has 0 saturated heterocycles. The van der Waals surface area contributed by atoms with E-state index in [1.165, 1.54) is 18.7 Å². The van der Waals surface area contributed by atoms with E-state index in [0.717, 1.165) is 19.3 Å². The minimum Gasteiger partial charge on any atom is -0.321 e. The average molecular weight is 193 g/mol. The molecule has 0 aromatic carbocycles. The highest BCUT2D eigenvalue weighted by Crippen LogP contribution is 2.05. The van der Waals surface area contributed by atoms with Gasteiger partial charge >= 0.3 is 0 Å². The van der Waals surface area contributed by atoms with Crippen LogP contribution < -0.4 is 5.73 Å². The van der Waals surface area contributed by atoms with Crippen LogP contribution in [0.3, 0.4) is 0 Å². The Morgan fingerprint density at radius 3 is 2.71 bits per heavy atom. The number of hydrogen-bond donors (Lipinski definition) is 1. The van der Waals surface area contributed by atoms with Crippen molar-refractivity contribution in [3.8, 4) is 0 Å². The second-order valence-corrected chi connectivity index (χ2v) is 3.24. The van der Waals surface area contributed by atoms with Crippen LogP contribution in [-0.2, 0) is 0 Å². The third-order valence-corrected chi connectivity index (χ3v) is 2.05. The zero-order valence-electron chi connectivity index (χ0n) is 8.31. The first-order valence-electron chi connectivity index (χ1n) is 4.80. The molecule has 1 heterocycles. The van der Waals surface area contributed by atoms with E-state index in [1.807, 2.05) is 0 Å². The van der Waals surface area contributed by atoms with Gasteiger partial charge in [0.25, 0.3) is 0 Å². The molecule has 0 fully saturated rings. The molecule has 0 radical (unpaired) electrons. The lowest BCUT2D eigenvalue weighted by Gasteiger charge is -2.08. The van der Waals surface area contributed by atoms with E-state index in [9.17, 15) is 4.79 Å². The summed E-state index contributed by atoms with van der Waals surface area (Å²) in [5.41, 5.74) is 6.23. The number of aromatic nitrogens is 2. The van der Waals surface area contributed by atoms with Crippen molar-refractivity contribution in [2.45, 2.75) is 32.2 Å². The lowest BCUT2D eigenvalue weighted by atomic mass is 10.0. The predicted molar refractivity (Wildman–Crippen MR) is 53.9 cm³/mol. The number of ketones is 1. The molecule has 1 aromatic heterocycles. The van der Waals surface area contributed by atoms with E-state index in [2.05, 4.69) is 16.9 Å². The van der Waals surface area contributed by atoms with Crippen molar-refractivity contribution < 1.29 is 4.79 Å². The maximum Gasteiger partial charge on any atom is 0.182 e. The number of hydrogen-bond acceptors (Lipinski definition) is 4. The van der Waals surface area contributed by atoms with E-state index in [1.54, 1.807) is 0 Å². The van der Waals surface area contributed by atoms with Gasteiger partial charge in [0.15, 0.2) is 5.78 Å². The summed E-state index contributed by atoms with van der Waals surface area (Å²) in [5, 5.41) is 0. The van der Waals surface area contributed by atoms with E-state index in [4.69, 9.17) is 5.73 Å². The van der Waals surface area contributed by atoms with Gasteiger partial charge < -0.3 is 5.73 Å². The molecule has 0 aliphatic carbocycles. The van der Waals surface area contributed by atoms with E-state index in [-0.39, 0.29) is 5.78 Å². The van der Waals surface area contributed by atoms with Crippen molar-refractivity contribution in [2.24, 2.45) is 5.73 Å². The van der Waals surface area contributed by atoms with Crippen molar-refractivity contribution in [1.29, 1.82) is 0 Å². The summed E-state index contributed by atoms with van der Waals surface area (Å²) in [7, 11) is 0. The van der Waals surface area contributed by atoms with Crippen LogP contribution in [0.5, 0.6) is 0 Å². The number of rotatable bonds is 5. The molecular formula is C10H15N3O. The third-order valence-electron chi connectivity index (χ3n) is 2.05. The molecule has 1 aromatic rings. The molecule has 0 aliphatic heterocycles. The van der Waals surface area contributed by atoms with Crippen LogP contribution in [0.1, 0.15) is 36.5 Å². The number of Topliss-reactive ketones (excluding diaryl/α,β-unsaturated/α-hetero) is 1. The Balaban J connectivity index is 2.57. The van der Waals surface area contributed by atoms with Crippen molar-refractivity contribution >= 4 is 5.78 Å². The highest BCUT2D eigenvalue weighted by Gasteiger charge is 2.14. The standard InChI is InChI=1S/C10H15N3O/c1-2-3-4-9(11)10(14)8-5-12-7-13-6-8/h5-7,9H,2-4,11H2,1H3. The fourth-order valence-corrected chi connectivity index (χ4v) is 1.20. The molecule has 0 saturated carbocycles. The fraction of sp³-hybridized carbons (Fsp3) is 0.500. The van der Waals surface area contributed by atoms with Gasteiger partial charge in [-0.05, 0) is 6.42 Å². The van der Waals surface area contributed by atoms with Gasteiger partial charge in [-0.1, -0.05) is 19.8 Å². The van der Waals surface area contributed by atoms with Crippen molar-refractivity contribution in [2.75, 3.05) is 0 Å². The molecule has 4 heteroatoms. The highest BCUT2D eigenvalue weighted by atomic mass is 16.1. The average Bonchev–Trinajstić information content (AvgIpc) is 2.26. The lowest BCUT2D eigenvalue weighted by molar-refractivity contribution is 0.0955. The Bertz CT molecular complexity index is 287. The van der Waals surface area contributed by atoms with Gasteiger partial charge in [0.2, 0.25) is 0 Å². The number of unbranched alkanes of at least 4 members (excludes halogenated alkanes) is 1. The second-order valence-electron chi connectivity index (χ2n) is 3.24. The van der Waals surface area contributed by atoms with Gasteiger partial charge in [-0.25, -0.2) is 9.97 Å². The van der Waals surface area contributed by atoms with Crippen LogP contribution in [0.25, 0.3) is 0 Å². The number of carbonyl (C=O) groups is 1. The fourth-order valence-electron chi connectivity index (χ4n) is 1.20. The first-order valence-corrected chi connectivity index (χ1v) is 4.80. The normalized spacial score (nSPS) is 12.4. The minimum atomic E-state index is -0.416. The van der Waals surface area contributed by atoms with Crippen molar-refractivity contribution in [1.82, 2.24) is 9.97 Å². The van der Waals surface area contributed by atoms with Crippen LogP contribution in [-0.4, -0.2) is 21.8 Å². The molecular weight excluding hydrogens is 178 g/mol. The van der Waals surface area contributed by atoms with Crippen molar-refractivity contribution in [3.63, 3.8) is 0 Å². The minimum absolute atomic E-state index is 0.0703. The van der Waals surface area contributed by atoms with Crippen LogP contribution in [0.15, 0.2) is 18.7 Å². The molecule has 14 heavy (non-hydrogen) atoms. The largest absolute Gasteiger partial charge is 0.321 e. The third kappa shape index (κ3) is 2.88. The van der Waals surface area contributed by atoms with Crippen molar-refractivity contribution in [3.05, 3.63) is 24.3 Å². The Labute approximate surface area is 83.6 Å². The summed E-state index contributed by atoms with van der Waals surface area (Å²) in [5.74, 6) is -0.0703. The van der Waals surface area contributed by atoms with Crippen LogP contribution in [0, 0.1) is 0 Å². The summed E-state index contributed by atoms with van der Waals surface area (Å²) >= 11 is 0. The van der Waals surface area contributed by atoms with E-state index >= 15 is 0 Å². The first-order chi connectivity index (χ1) is 6.75. The summed E-state index contributed by atoms with van der Waals surface area (Å²) in [6.07, 6.45) is 7.15. The van der Waals surface area contributed by atoms with Gasteiger partial charge in [-0.2, -0.15) is 0 Å². The Hall–Kier alpha value is -1.29. The topological polar surface area (TPSA) is 68.9 Å². The summed E-state index contributed by atoms with van der Waals surface area (Å²) in [6.45, 7) is 2.07. The molecule has 0 spiro atoms. The Morgan fingerprint density at radius 1 is 1.50 bits per heavy atom. The zero-order valence-corrected chi connectivity index (χ0v) is 8.31. The Morgan fingerprint density at radius 2 is 2.14 bits per heavy atom. The molecule has 0 amide bonds. The molecule has 0 bridgehead atoms. The maximum absolute atomic E-state index is 11.6. The van der Waals surface area contributed by atoms with E-state index in [0.29, 0.717) is 5.56 Å². The molecule has 4 nitrogen and oxygen atoms in total. The molecule has 1 atom stereocenters. The van der Waals surface area contributed by atoms with Crippen LogP contribution in [0.2, 0.25) is 0 Å². The monoisotopic (exact) mass is 193 g/mol.